The topological polar surface area (TPSA) is 74.5 Å². The van der Waals surface area contributed by atoms with Crippen LogP contribution in [0.15, 0.2) is 43.9 Å². The number of furan rings is 1. The molecule has 7 heteroatoms. The van der Waals surface area contributed by atoms with Crippen molar-refractivity contribution in [1.82, 2.24) is 5.32 Å². The lowest BCUT2D eigenvalue weighted by Crippen LogP contribution is -2.26. The van der Waals surface area contributed by atoms with Crippen LogP contribution < -0.4 is 10.6 Å². The average Bonchev–Trinajstić information content (AvgIpc) is 2.82. The minimum atomic E-state index is -0.200. The molecule has 0 bridgehead atoms. The molecule has 0 aliphatic carbocycles. The van der Waals surface area contributed by atoms with Crippen molar-refractivity contribution in [2.75, 3.05) is 18.5 Å². The summed E-state index contributed by atoms with van der Waals surface area (Å²) in [4.78, 5) is 11.7. The van der Waals surface area contributed by atoms with E-state index in [0.29, 0.717) is 16.8 Å². The predicted molar refractivity (Wildman–Crippen MR) is 87.3 cm³/mol. The molecular weight excluding hydrogens is 404 g/mol. The van der Waals surface area contributed by atoms with E-state index in [1.165, 1.54) is 0 Å². The maximum Gasteiger partial charge on any atom is 0.251 e. The zero-order chi connectivity index (χ0) is 15.2. The van der Waals surface area contributed by atoms with Crippen LogP contribution >= 0.6 is 31.9 Å². The molecule has 0 aliphatic heterocycles. The molecule has 0 atom stereocenters. The summed E-state index contributed by atoms with van der Waals surface area (Å²) in [7, 11) is 0. The fraction of sp³-hybridized carbons (Fsp3) is 0.214. The van der Waals surface area contributed by atoms with Gasteiger partial charge in [0, 0.05) is 17.8 Å². The molecule has 0 saturated carbocycles. The van der Waals surface area contributed by atoms with Crippen molar-refractivity contribution < 1.29 is 14.3 Å². The Kier molecular flexibility index (Phi) is 5.84. The molecule has 1 aromatic carbocycles. The van der Waals surface area contributed by atoms with Gasteiger partial charge in [-0.15, -0.1) is 0 Å². The molecular formula is C14H14Br2N2O3. The molecule has 112 valence electrons. The largest absolute Gasteiger partial charge is 0.451 e. The summed E-state index contributed by atoms with van der Waals surface area (Å²) in [5.41, 5.74) is 1.44. The maximum absolute atomic E-state index is 11.7. The van der Waals surface area contributed by atoms with Gasteiger partial charge in [-0.2, -0.15) is 0 Å². The number of hydrogen-bond donors (Lipinski definition) is 3. The number of aliphatic hydroxyl groups excluding tert-OH is 1. The van der Waals surface area contributed by atoms with Crippen LogP contribution in [-0.2, 0) is 6.54 Å². The Labute approximate surface area is 139 Å². The summed E-state index contributed by atoms with van der Waals surface area (Å²) in [6.07, 6.45) is 0. The number of carbonyl (C=O) groups is 1. The first kappa shape index (κ1) is 16.1. The summed E-state index contributed by atoms with van der Waals surface area (Å²) >= 11 is 6.64. The van der Waals surface area contributed by atoms with E-state index in [9.17, 15) is 4.79 Å². The van der Waals surface area contributed by atoms with Gasteiger partial charge in [-0.05, 0) is 62.2 Å². The Morgan fingerprint density at radius 1 is 1.24 bits per heavy atom. The third kappa shape index (κ3) is 4.59. The monoisotopic (exact) mass is 416 g/mol. The highest BCUT2D eigenvalue weighted by molar-refractivity contribution is 9.13. The van der Waals surface area contributed by atoms with Crippen LogP contribution in [0.1, 0.15) is 16.1 Å². The quantitative estimate of drug-likeness (QED) is 0.674. The van der Waals surface area contributed by atoms with Crippen molar-refractivity contribution in [3.63, 3.8) is 0 Å². The minimum absolute atomic E-state index is 0.0698. The van der Waals surface area contributed by atoms with Crippen molar-refractivity contribution in [2.24, 2.45) is 0 Å². The second kappa shape index (κ2) is 7.63. The first-order valence-corrected chi connectivity index (χ1v) is 7.85. The normalized spacial score (nSPS) is 10.4. The van der Waals surface area contributed by atoms with Crippen LogP contribution in [0.2, 0.25) is 0 Å². The Bertz CT molecular complexity index is 592. The number of aliphatic hydroxyl groups is 1. The van der Waals surface area contributed by atoms with Gasteiger partial charge in [0.1, 0.15) is 5.76 Å². The SMILES string of the molecule is O=C(NCCO)c1ccc(NCc2cc(Br)c(Br)o2)cc1. The molecule has 2 rings (SSSR count). The highest BCUT2D eigenvalue weighted by Gasteiger charge is 2.07. The molecule has 0 saturated heterocycles. The van der Waals surface area contributed by atoms with Gasteiger partial charge in [0.2, 0.25) is 0 Å². The van der Waals surface area contributed by atoms with E-state index in [1.807, 2.05) is 18.2 Å². The second-order valence-corrected chi connectivity index (χ2v) is 5.82. The molecule has 0 radical (unpaired) electrons. The molecule has 21 heavy (non-hydrogen) atoms. The third-order valence-electron chi connectivity index (χ3n) is 2.71. The molecule has 1 heterocycles. The molecule has 0 spiro atoms. The Hall–Kier alpha value is -1.31. The van der Waals surface area contributed by atoms with E-state index in [2.05, 4.69) is 42.5 Å². The van der Waals surface area contributed by atoms with Gasteiger partial charge in [-0.1, -0.05) is 0 Å². The van der Waals surface area contributed by atoms with Crippen LogP contribution in [0.5, 0.6) is 0 Å². The van der Waals surface area contributed by atoms with E-state index in [1.54, 1.807) is 12.1 Å². The van der Waals surface area contributed by atoms with Gasteiger partial charge < -0.3 is 20.2 Å². The number of nitrogens with one attached hydrogen (secondary N) is 2. The molecule has 0 fully saturated rings. The van der Waals surface area contributed by atoms with Gasteiger partial charge in [-0.25, -0.2) is 0 Å². The van der Waals surface area contributed by atoms with Crippen molar-refractivity contribution >= 4 is 43.5 Å². The molecule has 5 nitrogen and oxygen atoms in total. The lowest BCUT2D eigenvalue weighted by molar-refractivity contribution is 0.0945. The third-order valence-corrected chi connectivity index (χ3v) is 4.42. The number of halogens is 2. The van der Waals surface area contributed by atoms with Gasteiger partial charge in [0.25, 0.3) is 5.91 Å². The number of amides is 1. The maximum atomic E-state index is 11.7. The van der Waals surface area contributed by atoms with Gasteiger partial charge in [-0.3, -0.25) is 4.79 Å². The van der Waals surface area contributed by atoms with Crippen LogP contribution in [0, 0.1) is 0 Å². The van der Waals surface area contributed by atoms with E-state index in [-0.39, 0.29) is 19.1 Å². The first-order chi connectivity index (χ1) is 10.1. The number of rotatable bonds is 6. The summed E-state index contributed by atoms with van der Waals surface area (Å²) < 4.78 is 6.99. The molecule has 1 amide bonds. The lowest BCUT2D eigenvalue weighted by Gasteiger charge is -2.06. The first-order valence-electron chi connectivity index (χ1n) is 6.27. The summed E-state index contributed by atoms with van der Waals surface area (Å²) in [5.74, 6) is 0.591. The number of benzene rings is 1. The van der Waals surface area contributed by atoms with Crippen molar-refractivity contribution in [2.45, 2.75) is 6.54 Å². The summed E-state index contributed by atoms with van der Waals surface area (Å²) in [6, 6.07) is 8.97. The average molecular weight is 418 g/mol. The predicted octanol–water partition coefficient (Wildman–Crippen LogP) is 3.14. The Morgan fingerprint density at radius 2 is 1.95 bits per heavy atom. The molecule has 3 N–H and O–H groups in total. The minimum Gasteiger partial charge on any atom is -0.451 e. The van der Waals surface area contributed by atoms with Crippen molar-refractivity contribution in [1.29, 1.82) is 0 Å². The van der Waals surface area contributed by atoms with Crippen LogP contribution in [0.4, 0.5) is 5.69 Å². The van der Waals surface area contributed by atoms with E-state index in [4.69, 9.17) is 9.52 Å². The van der Waals surface area contributed by atoms with E-state index < -0.39 is 0 Å². The highest BCUT2D eigenvalue weighted by Crippen LogP contribution is 2.27. The van der Waals surface area contributed by atoms with Gasteiger partial charge in [0.05, 0.1) is 17.6 Å². The zero-order valence-electron chi connectivity index (χ0n) is 11.0. The Morgan fingerprint density at radius 3 is 2.52 bits per heavy atom. The second-order valence-electron chi connectivity index (χ2n) is 4.24. The van der Waals surface area contributed by atoms with Crippen molar-refractivity contribution in [3.05, 3.63) is 50.8 Å². The molecule has 1 aromatic heterocycles. The van der Waals surface area contributed by atoms with E-state index >= 15 is 0 Å². The van der Waals surface area contributed by atoms with Crippen LogP contribution in [0.25, 0.3) is 0 Å². The number of hydrogen-bond acceptors (Lipinski definition) is 4. The highest BCUT2D eigenvalue weighted by atomic mass is 79.9. The molecule has 0 aliphatic rings. The van der Waals surface area contributed by atoms with Crippen molar-refractivity contribution in [3.8, 4) is 0 Å². The standard InChI is InChI=1S/C14H14Br2N2O3/c15-12-7-11(21-13(12)16)8-18-10-3-1-9(2-4-10)14(20)17-5-6-19/h1-4,7,18-19H,5-6,8H2,(H,17,20). The smallest absolute Gasteiger partial charge is 0.251 e. The summed E-state index contributed by atoms with van der Waals surface area (Å²) in [5, 5.41) is 14.5. The van der Waals surface area contributed by atoms with Gasteiger partial charge >= 0.3 is 0 Å². The summed E-state index contributed by atoms with van der Waals surface area (Å²) in [6.45, 7) is 0.723. The number of anilines is 1. The van der Waals surface area contributed by atoms with Crippen LogP contribution in [-0.4, -0.2) is 24.2 Å². The molecule has 0 unspecified atom stereocenters. The number of carbonyl (C=O) groups excluding carboxylic acids is 1. The van der Waals surface area contributed by atoms with E-state index in [0.717, 1.165) is 15.9 Å². The van der Waals surface area contributed by atoms with Crippen LogP contribution in [0.3, 0.4) is 0 Å². The fourth-order valence-corrected chi connectivity index (χ4v) is 2.34. The molecule has 2 aromatic rings. The van der Waals surface area contributed by atoms with Gasteiger partial charge in [0.15, 0.2) is 4.67 Å². The Balaban J connectivity index is 1.91. The fourth-order valence-electron chi connectivity index (χ4n) is 1.68. The lowest BCUT2D eigenvalue weighted by atomic mass is 10.2. The zero-order valence-corrected chi connectivity index (χ0v) is 14.2.